The van der Waals surface area contributed by atoms with Gasteiger partial charge in [0.1, 0.15) is 0 Å². The average molecular weight is 303 g/mol. The molecule has 0 aliphatic heterocycles. The summed E-state index contributed by atoms with van der Waals surface area (Å²) in [5, 5.41) is 13.7. The van der Waals surface area contributed by atoms with Gasteiger partial charge in [-0.25, -0.2) is 0 Å². The molecule has 0 radical (unpaired) electrons. The van der Waals surface area contributed by atoms with E-state index >= 15 is 0 Å². The molecular weight excluding hydrogens is 290 g/mol. The van der Waals surface area contributed by atoms with E-state index in [9.17, 15) is 14.9 Å². The number of thioether (sulfide) groups is 1. The van der Waals surface area contributed by atoms with E-state index in [4.69, 9.17) is 0 Å². The van der Waals surface area contributed by atoms with Crippen LogP contribution in [0.5, 0.6) is 0 Å². The van der Waals surface area contributed by atoms with Crippen molar-refractivity contribution in [1.29, 1.82) is 0 Å². The van der Waals surface area contributed by atoms with Crippen molar-refractivity contribution in [1.82, 2.24) is 10.3 Å². The van der Waals surface area contributed by atoms with Gasteiger partial charge >= 0.3 is 0 Å². The topological polar surface area (TPSA) is 85.1 Å². The van der Waals surface area contributed by atoms with Crippen molar-refractivity contribution in [3.8, 4) is 0 Å². The largest absolute Gasteiger partial charge is 0.346 e. The third-order valence-electron chi connectivity index (χ3n) is 2.79. The predicted molar refractivity (Wildman–Crippen MR) is 80.3 cm³/mol. The fourth-order valence-corrected chi connectivity index (χ4v) is 2.30. The van der Waals surface area contributed by atoms with Gasteiger partial charge in [-0.3, -0.25) is 19.9 Å². The summed E-state index contributed by atoms with van der Waals surface area (Å²) < 4.78 is 0. The van der Waals surface area contributed by atoms with E-state index in [2.05, 4.69) is 10.3 Å². The molecule has 0 atom stereocenters. The first-order valence-corrected chi connectivity index (χ1v) is 7.35. The number of nitro groups is 1. The highest BCUT2D eigenvalue weighted by Gasteiger charge is 2.16. The van der Waals surface area contributed by atoms with Crippen LogP contribution in [0.2, 0.25) is 0 Å². The van der Waals surface area contributed by atoms with Gasteiger partial charge in [0.2, 0.25) is 0 Å². The lowest BCUT2D eigenvalue weighted by molar-refractivity contribution is -0.387. The van der Waals surface area contributed by atoms with Gasteiger partial charge in [0.05, 0.1) is 22.1 Å². The number of pyridine rings is 1. The number of rotatable bonds is 5. The SMILES string of the molecule is CSc1ccc(C(=O)NCc2ccccn2)cc1[N+](=O)[O-]. The molecule has 6 nitrogen and oxygen atoms in total. The molecule has 0 bridgehead atoms. The van der Waals surface area contributed by atoms with Gasteiger partial charge in [0, 0.05) is 17.8 Å². The molecule has 21 heavy (non-hydrogen) atoms. The van der Waals surface area contributed by atoms with Crippen LogP contribution < -0.4 is 5.32 Å². The molecule has 1 heterocycles. The Bertz CT molecular complexity index is 662. The van der Waals surface area contributed by atoms with Crippen LogP contribution in [0.15, 0.2) is 47.5 Å². The molecule has 1 amide bonds. The molecule has 108 valence electrons. The van der Waals surface area contributed by atoms with Gasteiger partial charge in [-0.1, -0.05) is 6.07 Å². The molecule has 7 heteroatoms. The summed E-state index contributed by atoms with van der Waals surface area (Å²) in [6, 6.07) is 9.85. The number of aromatic nitrogens is 1. The van der Waals surface area contributed by atoms with Gasteiger partial charge in [0.25, 0.3) is 11.6 Å². The first-order chi connectivity index (χ1) is 10.1. The summed E-state index contributed by atoms with van der Waals surface area (Å²) in [7, 11) is 0. The lowest BCUT2D eigenvalue weighted by atomic mass is 10.2. The quantitative estimate of drug-likeness (QED) is 0.521. The van der Waals surface area contributed by atoms with E-state index in [0.29, 0.717) is 4.90 Å². The number of hydrogen-bond donors (Lipinski definition) is 1. The molecule has 1 N–H and O–H groups in total. The number of nitro benzene ring substituents is 1. The van der Waals surface area contributed by atoms with Crippen LogP contribution in [0, 0.1) is 10.1 Å². The Labute approximate surface area is 125 Å². The summed E-state index contributed by atoms with van der Waals surface area (Å²) in [4.78, 5) is 27.1. The number of carbonyl (C=O) groups is 1. The van der Waals surface area contributed by atoms with Crippen molar-refractivity contribution in [2.24, 2.45) is 0 Å². The van der Waals surface area contributed by atoms with Crippen LogP contribution >= 0.6 is 11.8 Å². The maximum atomic E-state index is 12.0. The van der Waals surface area contributed by atoms with E-state index in [0.717, 1.165) is 5.69 Å². The second kappa shape index (κ2) is 6.85. The average Bonchev–Trinajstić information content (AvgIpc) is 2.52. The normalized spacial score (nSPS) is 10.1. The van der Waals surface area contributed by atoms with Crippen LogP contribution in [0.3, 0.4) is 0 Å². The van der Waals surface area contributed by atoms with Crippen molar-refractivity contribution in [3.63, 3.8) is 0 Å². The van der Waals surface area contributed by atoms with Crippen LogP contribution in [-0.2, 0) is 6.54 Å². The third-order valence-corrected chi connectivity index (χ3v) is 3.58. The minimum Gasteiger partial charge on any atom is -0.346 e. The Hall–Kier alpha value is -2.41. The van der Waals surface area contributed by atoms with Crippen LogP contribution in [0.1, 0.15) is 16.1 Å². The lowest BCUT2D eigenvalue weighted by Gasteiger charge is -2.06. The molecule has 0 saturated heterocycles. The Morgan fingerprint density at radius 1 is 1.38 bits per heavy atom. The standard InChI is InChI=1S/C14H13N3O3S/c1-21-13-6-5-10(8-12(13)17(19)20)14(18)16-9-11-4-2-3-7-15-11/h2-8H,9H2,1H3,(H,16,18). The molecule has 0 aliphatic carbocycles. The molecular formula is C14H13N3O3S. The first-order valence-electron chi connectivity index (χ1n) is 6.12. The summed E-state index contributed by atoms with van der Waals surface area (Å²) in [6.07, 6.45) is 3.39. The Balaban J connectivity index is 2.12. The van der Waals surface area contributed by atoms with Crippen LogP contribution in [0.25, 0.3) is 0 Å². The monoisotopic (exact) mass is 303 g/mol. The lowest BCUT2D eigenvalue weighted by Crippen LogP contribution is -2.23. The molecule has 1 aromatic heterocycles. The maximum Gasteiger partial charge on any atom is 0.283 e. The highest BCUT2D eigenvalue weighted by Crippen LogP contribution is 2.28. The molecule has 0 spiro atoms. The zero-order chi connectivity index (χ0) is 15.2. The van der Waals surface area contributed by atoms with Crippen molar-refractivity contribution < 1.29 is 9.72 Å². The highest BCUT2D eigenvalue weighted by atomic mass is 32.2. The van der Waals surface area contributed by atoms with E-state index in [-0.39, 0.29) is 23.7 Å². The first kappa shape index (κ1) is 15.0. The van der Waals surface area contributed by atoms with Crippen molar-refractivity contribution >= 4 is 23.4 Å². The van der Waals surface area contributed by atoms with Gasteiger partial charge in [-0.2, -0.15) is 0 Å². The predicted octanol–water partition coefficient (Wildman–Crippen LogP) is 2.64. The Kier molecular flexibility index (Phi) is 4.89. The Morgan fingerprint density at radius 3 is 2.81 bits per heavy atom. The number of benzene rings is 1. The van der Waals surface area contributed by atoms with Gasteiger partial charge in [-0.05, 0) is 30.5 Å². The van der Waals surface area contributed by atoms with Gasteiger partial charge in [0.15, 0.2) is 0 Å². The van der Waals surface area contributed by atoms with Gasteiger partial charge in [-0.15, -0.1) is 11.8 Å². The minimum absolute atomic E-state index is 0.0620. The number of hydrogen-bond acceptors (Lipinski definition) is 5. The smallest absolute Gasteiger partial charge is 0.283 e. The van der Waals surface area contributed by atoms with Crippen molar-refractivity contribution in [2.45, 2.75) is 11.4 Å². The number of carbonyl (C=O) groups excluding carboxylic acids is 1. The van der Waals surface area contributed by atoms with Crippen molar-refractivity contribution in [2.75, 3.05) is 6.26 Å². The maximum absolute atomic E-state index is 12.0. The number of amides is 1. The van der Waals surface area contributed by atoms with Crippen molar-refractivity contribution in [3.05, 3.63) is 64.0 Å². The van der Waals surface area contributed by atoms with Crippen LogP contribution in [0.4, 0.5) is 5.69 Å². The molecule has 0 unspecified atom stereocenters. The van der Waals surface area contributed by atoms with E-state index < -0.39 is 4.92 Å². The molecule has 2 rings (SSSR count). The molecule has 0 saturated carbocycles. The molecule has 2 aromatic rings. The summed E-state index contributed by atoms with van der Waals surface area (Å²) in [6.45, 7) is 0.276. The highest BCUT2D eigenvalue weighted by molar-refractivity contribution is 7.98. The second-order valence-electron chi connectivity index (χ2n) is 4.15. The third kappa shape index (κ3) is 3.79. The summed E-state index contributed by atoms with van der Waals surface area (Å²) in [5.74, 6) is -0.364. The molecule has 1 aromatic carbocycles. The molecule has 0 fully saturated rings. The van der Waals surface area contributed by atoms with Crippen LogP contribution in [-0.4, -0.2) is 22.1 Å². The number of nitrogens with zero attached hydrogens (tertiary/aromatic N) is 2. The fraction of sp³-hybridized carbons (Fsp3) is 0.143. The summed E-state index contributed by atoms with van der Waals surface area (Å²) in [5.41, 5.74) is 0.921. The fourth-order valence-electron chi connectivity index (χ4n) is 1.75. The minimum atomic E-state index is -0.485. The zero-order valence-electron chi connectivity index (χ0n) is 11.3. The Morgan fingerprint density at radius 2 is 2.19 bits per heavy atom. The second-order valence-corrected chi connectivity index (χ2v) is 5.00. The summed E-state index contributed by atoms with van der Waals surface area (Å²) >= 11 is 1.27. The zero-order valence-corrected chi connectivity index (χ0v) is 12.1. The van der Waals surface area contributed by atoms with Gasteiger partial charge < -0.3 is 5.32 Å². The van der Waals surface area contributed by atoms with E-state index in [1.807, 2.05) is 6.07 Å². The molecule has 0 aliphatic rings. The van der Waals surface area contributed by atoms with E-state index in [1.165, 1.54) is 17.8 Å². The number of nitrogens with one attached hydrogen (secondary N) is 1. The van der Waals surface area contributed by atoms with E-state index in [1.54, 1.807) is 36.7 Å².